The van der Waals surface area contributed by atoms with Crippen molar-refractivity contribution in [2.45, 2.75) is 18.8 Å². The lowest BCUT2D eigenvalue weighted by atomic mass is 10.0. The van der Waals surface area contributed by atoms with E-state index in [-0.39, 0.29) is 5.92 Å². The first-order chi connectivity index (χ1) is 9.25. The Morgan fingerprint density at radius 3 is 3.05 bits per heavy atom. The smallest absolute Gasteiger partial charge is 0.260 e. The van der Waals surface area contributed by atoms with Crippen molar-refractivity contribution in [3.8, 4) is 11.5 Å². The molecule has 0 amide bonds. The molecule has 1 fully saturated rings. The maximum absolute atomic E-state index is 5.98. The summed E-state index contributed by atoms with van der Waals surface area (Å²) >= 11 is 5.98. The van der Waals surface area contributed by atoms with Gasteiger partial charge in [-0.2, -0.15) is 4.98 Å². The molecule has 0 spiro atoms. The first kappa shape index (κ1) is 12.4. The fourth-order valence-electron chi connectivity index (χ4n) is 2.18. The highest BCUT2D eigenvalue weighted by atomic mass is 35.5. The van der Waals surface area contributed by atoms with E-state index in [1.807, 2.05) is 12.1 Å². The number of rotatable bonds is 2. The standard InChI is InChI=1S/C13H14ClN3O2/c14-10-5-1-4-9(11(10)15)13-16-12(17-19-13)8-3-2-6-18-7-8/h1,4-5,8H,2-3,6-7,15H2. The van der Waals surface area contributed by atoms with Crippen molar-refractivity contribution in [3.05, 3.63) is 29.0 Å². The van der Waals surface area contributed by atoms with Crippen LogP contribution in [0.5, 0.6) is 0 Å². The molecule has 1 unspecified atom stereocenters. The molecule has 1 aromatic heterocycles. The van der Waals surface area contributed by atoms with Crippen LogP contribution in [0.15, 0.2) is 22.7 Å². The van der Waals surface area contributed by atoms with E-state index < -0.39 is 0 Å². The van der Waals surface area contributed by atoms with E-state index >= 15 is 0 Å². The molecule has 6 heteroatoms. The fraction of sp³-hybridized carbons (Fsp3) is 0.385. The van der Waals surface area contributed by atoms with E-state index in [9.17, 15) is 0 Å². The summed E-state index contributed by atoms with van der Waals surface area (Å²) in [6.45, 7) is 1.45. The number of para-hydroxylation sites is 1. The zero-order valence-electron chi connectivity index (χ0n) is 10.3. The summed E-state index contributed by atoms with van der Waals surface area (Å²) in [4.78, 5) is 4.41. The third-order valence-electron chi connectivity index (χ3n) is 3.25. The zero-order chi connectivity index (χ0) is 13.2. The molecule has 1 atom stereocenters. The maximum Gasteiger partial charge on any atom is 0.260 e. The Morgan fingerprint density at radius 1 is 1.37 bits per heavy atom. The van der Waals surface area contributed by atoms with E-state index in [1.54, 1.807) is 6.07 Å². The van der Waals surface area contributed by atoms with Crippen molar-refractivity contribution in [1.82, 2.24) is 10.1 Å². The minimum Gasteiger partial charge on any atom is -0.397 e. The van der Waals surface area contributed by atoms with Crippen LogP contribution in [-0.2, 0) is 4.74 Å². The second kappa shape index (κ2) is 5.19. The fourth-order valence-corrected chi connectivity index (χ4v) is 2.35. The lowest BCUT2D eigenvalue weighted by Gasteiger charge is -2.18. The molecule has 2 aromatic rings. The van der Waals surface area contributed by atoms with Crippen LogP contribution in [0.3, 0.4) is 0 Å². The number of ether oxygens (including phenoxy) is 1. The molecule has 2 heterocycles. The Morgan fingerprint density at radius 2 is 2.26 bits per heavy atom. The summed E-state index contributed by atoms with van der Waals surface area (Å²) in [6, 6.07) is 5.35. The molecule has 1 aliphatic heterocycles. The molecular weight excluding hydrogens is 266 g/mol. The van der Waals surface area contributed by atoms with E-state index in [0.717, 1.165) is 19.4 Å². The number of aromatic nitrogens is 2. The van der Waals surface area contributed by atoms with E-state index in [1.165, 1.54) is 0 Å². The Kier molecular flexibility index (Phi) is 3.40. The Bertz CT molecular complexity index is 579. The van der Waals surface area contributed by atoms with Crippen molar-refractivity contribution < 1.29 is 9.26 Å². The molecule has 1 saturated heterocycles. The van der Waals surface area contributed by atoms with Crippen LogP contribution >= 0.6 is 11.6 Å². The highest BCUT2D eigenvalue weighted by Gasteiger charge is 2.22. The van der Waals surface area contributed by atoms with E-state index in [2.05, 4.69) is 10.1 Å². The van der Waals surface area contributed by atoms with Crippen LogP contribution in [0.4, 0.5) is 5.69 Å². The summed E-state index contributed by atoms with van der Waals surface area (Å²) in [5, 5.41) is 4.51. The predicted molar refractivity (Wildman–Crippen MR) is 72.0 cm³/mol. The zero-order valence-corrected chi connectivity index (χ0v) is 11.1. The first-order valence-corrected chi connectivity index (χ1v) is 6.59. The average molecular weight is 280 g/mol. The summed E-state index contributed by atoms with van der Waals surface area (Å²) < 4.78 is 10.7. The monoisotopic (exact) mass is 279 g/mol. The second-order valence-corrected chi connectivity index (χ2v) is 4.98. The largest absolute Gasteiger partial charge is 0.397 e. The van der Waals surface area contributed by atoms with Crippen molar-refractivity contribution in [3.63, 3.8) is 0 Å². The van der Waals surface area contributed by atoms with E-state index in [4.69, 9.17) is 26.6 Å². The van der Waals surface area contributed by atoms with Crippen LogP contribution in [-0.4, -0.2) is 23.4 Å². The topological polar surface area (TPSA) is 74.2 Å². The number of hydrogen-bond acceptors (Lipinski definition) is 5. The van der Waals surface area contributed by atoms with Crippen molar-refractivity contribution in [2.24, 2.45) is 0 Å². The first-order valence-electron chi connectivity index (χ1n) is 6.21. The second-order valence-electron chi connectivity index (χ2n) is 4.57. The minimum atomic E-state index is 0.201. The van der Waals surface area contributed by atoms with Crippen LogP contribution < -0.4 is 5.73 Å². The van der Waals surface area contributed by atoms with Crippen molar-refractivity contribution >= 4 is 17.3 Å². The Labute approximate surface area is 115 Å². The van der Waals surface area contributed by atoms with Crippen LogP contribution in [0, 0.1) is 0 Å². The molecule has 5 nitrogen and oxygen atoms in total. The summed E-state index contributed by atoms with van der Waals surface area (Å²) in [5.41, 5.74) is 7.04. The van der Waals surface area contributed by atoms with Crippen LogP contribution in [0.1, 0.15) is 24.6 Å². The van der Waals surface area contributed by atoms with Gasteiger partial charge in [0.2, 0.25) is 0 Å². The summed E-state index contributed by atoms with van der Waals surface area (Å²) in [5.74, 6) is 1.28. The van der Waals surface area contributed by atoms with Gasteiger partial charge in [0.05, 0.1) is 22.9 Å². The molecule has 3 rings (SSSR count). The van der Waals surface area contributed by atoms with Crippen molar-refractivity contribution in [1.29, 1.82) is 0 Å². The summed E-state index contributed by atoms with van der Waals surface area (Å²) in [6.07, 6.45) is 2.04. The maximum atomic E-state index is 5.98. The lowest BCUT2D eigenvalue weighted by Crippen LogP contribution is -2.16. The van der Waals surface area contributed by atoms with Gasteiger partial charge in [-0.3, -0.25) is 0 Å². The number of hydrogen-bond donors (Lipinski definition) is 1. The molecule has 19 heavy (non-hydrogen) atoms. The van der Waals surface area contributed by atoms with Crippen molar-refractivity contribution in [2.75, 3.05) is 18.9 Å². The third-order valence-corrected chi connectivity index (χ3v) is 3.58. The number of nitrogens with two attached hydrogens (primary N) is 1. The predicted octanol–water partition coefficient (Wildman–Crippen LogP) is 2.87. The molecule has 0 radical (unpaired) electrons. The highest BCUT2D eigenvalue weighted by molar-refractivity contribution is 6.33. The number of nitrogen functional groups attached to an aromatic ring is 1. The van der Waals surface area contributed by atoms with Gasteiger partial charge in [0.1, 0.15) is 0 Å². The van der Waals surface area contributed by atoms with Gasteiger partial charge in [-0.05, 0) is 25.0 Å². The molecule has 1 aliphatic rings. The average Bonchev–Trinajstić information content (AvgIpc) is 2.92. The Hall–Kier alpha value is -1.59. The minimum absolute atomic E-state index is 0.201. The van der Waals surface area contributed by atoms with Gasteiger partial charge in [-0.25, -0.2) is 0 Å². The highest BCUT2D eigenvalue weighted by Crippen LogP contribution is 2.32. The molecule has 1 aromatic carbocycles. The lowest BCUT2D eigenvalue weighted by molar-refractivity contribution is 0.0773. The number of benzene rings is 1. The van der Waals surface area contributed by atoms with Gasteiger partial charge in [-0.1, -0.05) is 22.8 Å². The SMILES string of the molecule is Nc1c(Cl)cccc1-c1nc(C2CCCOC2)no1. The van der Waals surface area contributed by atoms with Crippen LogP contribution in [0.25, 0.3) is 11.5 Å². The number of halogens is 1. The molecule has 2 N–H and O–H groups in total. The summed E-state index contributed by atoms with van der Waals surface area (Å²) in [7, 11) is 0. The normalized spacial score (nSPS) is 19.5. The van der Waals surface area contributed by atoms with Gasteiger partial charge in [0.25, 0.3) is 5.89 Å². The molecule has 0 aliphatic carbocycles. The Balaban J connectivity index is 1.90. The quantitative estimate of drug-likeness (QED) is 0.856. The molecule has 100 valence electrons. The van der Waals surface area contributed by atoms with Crippen LogP contribution in [0.2, 0.25) is 5.02 Å². The number of nitrogens with zero attached hydrogens (tertiary/aromatic N) is 2. The molecule has 0 bridgehead atoms. The van der Waals surface area contributed by atoms with Gasteiger partial charge in [0, 0.05) is 12.5 Å². The van der Waals surface area contributed by atoms with Gasteiger partial charge < -0.3 is 15.0 Å². The van der Waals surface area contributed by atoms with Gasteiger partial charge in [0.15, 0.2) is 5.82 Å². The molecular formula is C13H14ClN3O2. The molecule has 0 saturated carbocycles. The van der Waals surface area contributed by atoms with Gasteiger partial charge >= 0.3 is 0 Å². The number of anilines is 1. The third kappa shape index (κ3) is 2.43. The van der Waals surface area contributed by atoms with E-state index in [0.29, 0.717) is 34.6 Å². The van der Waals surface area contributed by atoms with Gasteiger partial charge in [-0.15, -0.1) is 0 Å².